The number of nitrogens with one attached hydrogen (secondary N) is 1. The van der Waals surface area contributed by atoms with Crippen LogP contribution in [0.1, 0.15) is 55.7 Å². The van der Waals surface area contributed by atoms with E-state index in [0.29, 0.717) is 5.92 Å². The van der Waals surface area contributed by atoms with Crippen molar-refractivity contribution in [1.29, 1.82) is 0 Å². The van der Waals surface area contributed by atoms with Crippen LogP contribution < -0.4 is 5.32 Å². The van der Waals surface area contributed by atoms with Crippen molar-refractivity contribution in [2.45, 2.75) is 44.4 Å². The highest BCUT2D eigenvalue weighted by Crippen LogP contribution is 2.40. The van der Waals surface area contributed by atoms with E-state index in [1.54, 1.807) is 0 Å². The summed E-state index contributed by atoms with van der Waals surface area (Å²) < 4.78 is 0. The summed E-state index contributed by atoms with van der Waals surface area (Å²) in [5.41, 5.74) is 5.96. The van der Waals surface area contributed by atoms with Gasteiger partial charge < -0.3 is 10.2 Å². The van der Waals surface area contributed by atoms with Gasteiger partial charge in [-0.1, -0.05) is 56.3 Å². The first-order chi connectivity index (χ1) is 12.6. The first kappa shape index (κ1) is 17.6. The van der Waals surface area contributed by atoms with Gasteiger partial charge in [0.1, 0.15) is 0 Å². The Kier molecular flexibility index (Phi) is 4.79. The zero-order valence-electron chi connectivity index (χ0n) is 16.5. The minimum atomic E-state index is 0.256. The summed E-state index contributed by atoms with van der Waals surface area (Å²) in [5, 5.41) is 3.54. The Hall–Kier alpha value is -1.80. The quantitative estimate of drug-likeness (QED) is 0.814. The van der Waals surface area contributed by atoms with Gasteiger partial charge in [0.15, 0.2) is 0 Å². The Bertz CT molecular complexity index is 739. The minimum absolute atomic E-state index is 0.256. The molecule has 26 heavy (non-hydrogen) atoms. The molecule has 0 radical (unpaired) electrons. The molecule has 2 aliphatic heterocycles. The molecule has 2 heteroatoms. The summed E-state index contributed by atoms with van der Waals surface area (Å²) in [6, 6.07) is 18.4. The van der Waals surface area contributed by atoms with Crippen LogP contribution in [0.5, 0.6) is 0 Å². The Morgan fingerprint density at radius 2 is 1.62 bits per heavy atom. The van der Waals surface area contributed by atoms with Gasteiger partial charge in [-0.05, 0) is 73.5 Å². The van der Waals surface area contributed by atoms with Crippen molar-refractivity contribution in [2.24, 2.45) is 5.92 Å². The van der Waals surface area contributed by atoms with E-state index in [0.717, 1.165) is 12.5 Å². The lowest BCUT2D eigenvalue weighted by molar-refractivity contribution is 0.163. The van der Waals surface area contributed by atoms with Crippen LogP contribution in [0.25, 0.3) is 0 Å². The average molecular weight is 349 g/mol. The van der Waals surface area contributed by atoms with Crippen LogP contribution in [-0.4, -0.2) is 31.6 Å². The number of benzene rings is 2. The van der Waals surface area contributed by atoms with Gasteiger partial charge in [0.05, 0.1) is 0 Å². The summed E-state index contributed by atoms with van der Waals surface area (Å²) in [6.07, 6.45) is 3.80. The van der Waals surface area contributed by atoms with Gasteiger partial charge in [0.25, 0.3) is 0 Å². The lowest BCUT2D eigenvalue weighted by atomic mass is 9.69. The van der Waals surface area contributed by atoms with Gasteiger partial charge in [-0.2, -0.15) is 0 Å². The Labute approximate surface area is 158 Å². The number of likely N-dealkylation sites (tertiary alicyclic amines) is 1. The van der Waals surface area contributed by atoms with E-state index in [1.165, 1.54) is 54.7 Å². The van der Waals surface area contributed by atoms with Crippen molar-refractivity contribution in [2.75, 3.05) is 32.0 Å². The zero-order valence-corrected chi connectivity index (χ0v) is 16.5. The number of anilines is 1. The van der Waals surface area contributed by atoms with Crippen LogP contribution in [0.15, 0.2) is 48.5 Å². The number of piperidine rings is 1. The predicted octanol–water partition coefficient (Wildman–Crippen LogP) is 5.25. The van der Waals surface area contributed by atoms with Crippen LogP contribution in [0.3, 0.4) is 0 Å². The van der Waals surface area contributed by atoms with E-state index >= 15 is 0 Å². The normalized spacial score (nSPS) is 21.9. The smallest absolute Gasteiger partial charge is 0.0379 e. The number of hydrogen-bond acceptors (Lipinski definition) is 2. The van der Waals surface area contributed by atoms with Crippen molar-refractivity contribution in [3.63, 3.8) is 0 Å². The monoisotopic (exact) mass is 348 g/mol. The van der Waals surface area contributed by atoms with Crippen LogP contribution in [0.2, 0.25) is 0 Å². The molecule has 2 aromatic rings. The maximum absolute atomic E-state index is 3.54. The molecular weight excluding hydrogens is 316 g/mol. The molecule has 1 saturated heterocycles. The predicted molar refractivity (Wildman–Crippen MR) is 111 cm³/mol. The fourth-order valence-corrected chi connectivity index (χ4v) is 4.93. The van der Waals surface area contributed by atoms with Crippen LogP contribution in [0.4, 0.5) is 5.69 Å². The number of nitrogens with zero attached hydrogens (tertiary/aromatic N) is 1. The maximum Gasteiger partial charge on any atom is 0.0379 e. The SMILES string of the molecule is CN1CCC(C(C)(C)c2ccc(C3CCNc4ccccc43)cc2)CC1. The number of rotatable bonds is 3. The first-order valence-electron chi connectivity index (χ1n) is 10.2. The fraction of sp³-hybridized carbons (Fsp3) is 0.500. The van der Waals surface area contributed by atoms with Crippen molar-refractivity contribution in [1.82, 2.24) is 4.90 Å². The largest absolute Gasteiger partial charge is 0.385 e. The summed E-state index contributed by atoms with van der Waals surface area (Å²) in [7, 11) is 2.24. The first-order valence-corrected chi connectivity index (χ1v) is 10.2. The van der Waals surface area contributed by atoms with Crippen molar-refractivity contribution >= 4 is 5.69 Å². The Morgan fingerprint density at radius 3 is 2.35 bits per heavy atom. The van der Waals surface area contributed by atoms with Gasteiger partial charge in [0, 0.05) is 18.2 Å². The molecule has 0 bridgehead atoms. The molecule has 0 amide bonds. The van der Waals surface area contributed by atoms with Crippen LogP contribution >= 0.6 is 0 Å². The van der Waals surface area contributed by atoms with Gasteiger partial charge in [0.2, 0.25) is 0 Å². The van der Waals surface area contributed by atoms with Crippen LogP contribution in [0, 0.1) is 5.92 Å². The van der Waals surface area contributed by atoms with Gasteiger partial charge in [-0.25, -0.2) is 0 Å². The third-order valence-corrected chi connectivity index (χ3v) is 6.88. The highest BCUT2D eigenvalue weighted by Gasteiger charge is 2.33. The summed E-state index contributed by atoms with van der Waals surface area (Å²) >= 11 is 0. The molecule has 2 aromatic carbocycles. The summed E-state index contributed by atoms with van der Waals surface area (Å²) in [6.45, 7) is 8.41. The molecule has 0 spiro atoms. The van der Waals surface area contributed by atoms with E-state index in [4.69, 9.17) is 0 Å². The second-order valence-corrected chi connectivity index (χ2v) is 8.78. The second-order valence-electron chi connectivity index (χ2n) is 8.78. The lowest BCUT2D eigenvalue weighted by Crippen LogP contribution is -2.39. The number of fused-ring (bicyclic) bond motifs is 1. The van der Waals surface area contributed by atoms with Crippen molar-refractivity contribution in [3.05, 3.63) is 65.2 Å². The lowest BCUT2D eigenvalue weighted by Gasteiger charge is -2.40. The van der Waals surface area contributed by atoms with Crippen LogP contribution in [-0.2, 0) is 5.41 Å². The molecule has 0 aliphatic carbocycles. The highest BCUT2D eigenvalue weighted by molar-refractivity contribution is 5.57. The van der Waals surface area contributed by atoms with Gasteiger partial charge >= 0.3 is 0 Å². The number of para-hydroxylation sites is 1. The van der Waals surface area contributed by atoms with E-state index in [9.17, 15) is 0 Å². The standard InChI is InChI=1S/C24H32N2/c1-24(2,20-13-16-26(3)17-14-20)19-10-8-18(9-11-19)21-12-15-25-23-7-5-4-6-22(21)23/h4-11,20-21,25H,12-17H2,1-3H3. The topological polar surface area (TPSA) is 15.3 Å². The van der Waals surface area contributed by atoms with Crippen molar-refractivity contribution < 1.29 is 0 Å². The molecule has 2 heterocycles. The molecule has 138 valence electrons. The highest BCUT2D eigenvalue weighted by atomic mass is 15.1. The molecule has 1 unspecified atom stereocenters. The molecule has 1 atom stereocenters. The second kappa shape index (κ2) is 7.08. The third kappa shape index (κ3) is 3.27. The fourth-order valence-electron chi connectivity index (χ4n) is 4.93. The van der Waals surface area contributed by atoms with Crippen molar-refractivity contribution in [3.8, 4) is 0 Å². The molecule has 0 saturated carbocycles. The Morgan fingerprint density at radius 1 is 0.923 bits per heavy atom. The van der Waals surface area contributed by atoms with E-state index < -0.39 is 0 Å². The molecule has 1 fully saturated rings. The van der Waals surface area contributed by atoms with E-state index in [-0.39, 0.29) is 5.41 Å². The summed E-state index contributed by atoms with van der Waals surface area (Å²) in [4.78, 5) is 2.46. The average Bonchev–Trinajstić information content (AvgIpc) is 2.68. The molecule has 2 nitrogen and oxygen atoms in total. The molecule has 4 rings (SSSR count). The van der Waals surface area contributed by atoms with Gasteiger partial charge in [-0.15, -0.1) is 0 Å². The molecular formula is C24H32N2. The number of hydrogen-bond donors (Lipinski definition) is 1. The third-order valence-electron chi connectivity index (χ3n) is 6.88. The van der Waals surface area contributed by atoms with E-state index in [1.807, 2.05) is 0 Å². The Balaban J connectivity index is 1.56. The molecule has 0 aromatic heterocycles. The van der Waals surface area contributed by atoms with E-state index in [2.05, 4.69) is 79.6 Å². The summed E-state index contributed by atoms with van der Waals surface area (Å²) in [5.74, 6) is 1.30. The zero-order chi connectivity index (χ0) is 18.1. The van der Waals surface area contributed by atoms with Gasteiger partial charge in [-0.3, -0.25) is 0 Å². The molecule has 1 N–H and O–H groups in total. The minimum Gasteiger partial charge on any atom is -0.385 e. The maximum atomic E-state index is 3.54. The molecule has 2 aliphatic rings.